The van der Waals surface area contributed by atoms with Crippen LogP contribution in [-0.2, 0) is 11.3 Å². The van der Waals surface area contributed by atoms with Crippen molar-refractivity contribution >= 4 is 22.6 Å². The molecule has 1 aliphatic carbocycles. The summed E-state index contributed by atoms with van der Waals surface area (Å²) in [6, 6.07) is 1.99. The second kappa shape index (κ2) is 4.76. The first-order valence-corrected chi connectivity index (χ1v) is 7.08. The second-order valence-electron chi connectivity index (χ2n) is 5.28. The summed E-state index contributed by atoms with van der Waals surface area (Å²) in [5.41, 5.74) is 1.94. The van der Waals surface area contributed by atoms with E-state index in [1.54, 1.807) is 19.5 Å². The Morgan fingerprint density at radius 1 is 1.53 bits per heavy atom. The van der Waals surface area contributed by atoms with E-state index in [2.05, 4.69) is 14.5 Å². The fourth-order valence-electron chi connectivity index (χ4n) is 2.76. The quantitative estimate of drug-likeness (QED) is 0.806. The largest absolute Gasteiger partial charge is 0.376 e. The molecular weight excluding hydrogens is 262 g/mol. The summed E-state index contributed by atoms with van der Waals surface area (Å²) in [5, 5.41) is -0.124. The van der Waals surface area contributed by atoms with Gasteiger partial charge in [0.25, 0.3) is 0 Å². The van der Waals surface area contributed by atoms with Gasteiger partial charge >= 0.3 is 0 Å². The van der Waals surface area contributed by atoms with Crippen LogP contribution in [0.15, 0.2) is 18.5 Å². The SMILES string of the molecule is COC1(Cn2c(C(C)Cl)nc3cnccc32)CCC1. The zero-order valence-electron chi connectivity index (χ0n) is 11.3. The zero-order valence-corrected chi connectivity index (χ0v) is 12.0. The molecule has 2 heterocycles. The van der Waals surface area contributed by atoms with E-state index >= 15 is 0 Å². The van der Waals surface area contributed by atoms with Crippen molar-refractivity contribution in [2.45, 2.75) is 43.7 Å². The molecule has 0 bridgehead atoms. The van der Waals surface area contributed by atoms with Crippen molar-refractivity contribution in [1.82, 2.24) is 14.5 Å². The third-order valence-corrected chi connectivity index (χ3v) is 4.28. The van der Waals surface area contributed by atoms with Crippen LogP contribution < -0.4 is 0 Å². The lowest BCUT2D eigenvalue weighted by Crippen LogP contribution is -2.43. The molecule has 0 aromatic carbocycles. The molecule has 0 N–H and O–H groups in total. The van der Waals surface area contributed by atoms with Crippen LogP contribution >= 0.6 is 11.6 Å². The summed E-state index contributed by atoms with van der Waals surface area (Å²) < 4.78 is 7.92. The molecule has 2 aromatic rings. The van der Waals surface area contributed by atoms with E-state index in [1.165, 1.54) is 6.42 Å². The molecule has 0 amide bonds. The molecule has 102 valence electrons. The Kier molecular flexibility index (Phi) is 3.23. The molecule has 1 aliphatic rings. The highest BCUT2D eigenvalue weighted by molar-refractivity contribution is 6.20. The predicted molar refractivity (Wildman–Crippen MR) is 75.4 cm³/mol. The second-order valence-corrected chi connectivity index (χ2v) is 5.93. The Balaban J connectivity index is 2.07. The highest BCUT2D eigenvalue weighted by atomic mass is 35.5. The Labute approximate surface area is 117 Å². The average Bonchev–Trinajstić information content (AvgIpc) is 2.73. The van der Waals surface area contributed by atoms with Crippen molar-refractivity contribution in [2.24, 2.45) is 0 Å². The van der Waals surface area contributed by atoms with Gasteiger partial charge in [0.05, 0.1) is 29.2 Å². The molecule has 19 heavy (non-hydrogen) atoms. The normalized spacial score (nSPS) is 19.3. The van der Waals surface area contributed by atoms with Gasteiger partial charge in [-0.25, -0.2) is 4.98 Å². The number of ether oxygens (including phenoxy) is 1. The van der Waals surface area contributed by atoms with Gasteiger partial charge in [0.15, 0.2) is 0 Å². The smallest absolute Gasteiger partial charge is 0.127 e. The Hall–Kier alpha value is -1.13. The minimum atomic E-state index is -0.124. The van der Waals surface area contributed by atoms with Gasteiger partial charge in [-0.1, -0.05) is 0 Å². The number of alkyl halides is 1. The van der Waals surface area contributed by atoms with Crippen molar-refractivity contribution in [3.8, 4) is 0 Å². The lowest BCUT2D eigenvalue weighted by atomic mass is 9.80. The van der Waals surface area contributed by atoms with Gasteiger partial charge < -0.3 is 9.30 Å². The standard InChI is InChI=1S/C14H18ClN3O/c1-10(15)13-17-11-8-16-7-4-12(11)18(13)9-14(19-2)5-3-6-14/h4,7-8,10H,3,5-6,9H2,1-2H3. The van der Waals surface area contributed by atoms with Gasteiger partial charge in [0.1, 0.15) is 11.3 Å². The average molecular weight is 280 g/mol. The summed E-state index contributed by atoms with van der Waals surface area (Å²) >= 11 is 6.27. The van der Waals surface area contributed by atoms with Crippen LogP contribution in [0.4, 0.5) is 0 Å². The topological polar surface area (TPSA) is 39.9 Å². The monoisotopic (exact) mass is 279 g/mol. The lowest BCUT2D eigenvalue weighted by Gasteiger charge is -2.41. The highest BCUT2D eigenvalue weighted by Gasteiger charge is 2.38. The van der Waals surface area contributed by atoms with Crippen molar-refractivity contribution < 1.29 is 4.74 Å². The molecule has 1 atom stereocenters. The molecule has 0 spiro atoms. The Morgan fingerprint density at radius 2 is 2.32 bits per heavy atom. The number of pyridine rings is 1. The molecule has 2 aromatic heterocycles. The van der Waals surface area contributed by atoms with E-state index < -0.39 is 0 Å². The van der Waals surface area contributed by atoms with Crippen LogP contribution in [0.1, 0.15) is 37.4 Å². The van der Waals surface area contributed by atoms with Crippen LogP contribution in [-0.4, -0.2) is 27.2 Å². The number of nitrogens with zero attached hydrogens (tertiary/aromatic N) is 3. The molecule has 0 aliphatic heterocycles. The van der Waals surface area contributed by atoms with E-state index in [0.29, 0.717) is 0 Å². The van der Waals surface area contributed by atoms with Gasteiger partial charge in [-0.15, -0.1) is 11.6 Å². The van der Waals surface area contributed by atoms with Gasteiger partial charge in [-0.2, -0.15) is 0 Å². The highest BCUT2D eigenvalue weighted by Crippen LogP contribution is 2.38. The molecule has 5 heteroatoms. The van der Waals surface area contributed by atoms with E-state index in [1.807, 2.05) is 13.0 Å². The number of imidazole rings is 1. The fourth-order valence-corrected chi connectivity index (χ4v) is 2.92. The first-order chi connectivity index (χ1) is 9.15. The molecular formula is C14H18ClN3O. The summed E-state index contributed by atoms with van der Waals surface area (Å²) in [5.74, 6) is 0.896. The van der Waals surface area contributed by atoms with E-state index in [0.717, 1.165) is 36.2 Å². The summed E-state index contributed by atoms with van der Waals surface area (Å²) in [6.45, 7) is 2.77. The maximum atomic E-state index is 6.27. The Bertz CT molecular complexity index is 584. The third-order valence-electron chi connectivity index (χ3n) is 4.08. The Morgan fingerprint density at radius 3 is 2.89 bits per heavy atom. The number of fused-ring (bicyclic) bond motifs is 1. The van der Waals surface area contributed by atoms with E-state index in [-0.39, 0.29) is 11.0 Å². The third kappa shape index (κ3) is 2.13. The first-order valence-electron chi connectivity index (χ1n) is 6.65. The number of hydrogen-bond acceptors (Lipinski definition) is 3. The molecule has 0 saturated heterocycles. The van der Waals surface area contributed by atoms with Crippen LogP contribution in [0.2, 0.25) is 0 Å². The summed E-state index contributed by atoms with van der Waals surface area (Å²) in [7, 11) is 1.80. The van der Waals surface area contributed by atoms with Gasteiger partial charge in [0.2, 0.25) is 0 Å². The minimum absolute atomic E-state index is 0.0442. The van der Waals surface area contributed by atoms with Gasteiger partial charge in [-0.05, 0) is 32.3 Å². The van der Waals surface area contributed by atoms with Gasteiger partial charge in [0, 0.05) is 13.3 Å². The van der Waals surface area contributed by atoms with Crippen LogP contribution in [0.3, 0.4) is 0 Å². The van der Waals surface area contributed by atoms with Crippen molar-refractivity contribution in [2.75, 3.05) is 7.11 Å². The maximum absolute atomic E-state index is 6.27. The van der Waals surface area contributed by atoms with Crippen molar-refractivity contribution in [1.29, 1.82) is 0 Å². The molecule has 1 unspecified atom stereocenters. The molecule has 1 saturated carbocycles. The van der Waals surface area contributed by atoms with E-state index in [4.69, 9.17) is 16.3 Å². The zero-order chi connectivity index (χ0) is 13.5. The number of rotatable bonds is 4. The van der Waals surface area contributed by atoms with Crippen LogP contribution in [0.25, 0.3) is 11.0 Å². The van der Waals surface area contributed by atoms with Crippen LogP contribution in [0, 0.1) is 0 Å². The number of halogens is 1. The first kappa shape index (κ1) is 12.9. The predicted octanol–water partition coefficient (Wildman–Crippen LogP) is 3.30. The fraction of sp³-hybridized carbons (Fsp3) is 0.571. The van der Waals surface area contributed by atoms with E-state index in [9.17, 15) is 0 Å². The maximum Gasteiger partial charge on any atom is 0.127 e. The molecule has 3 rings (SSSR count). The van der Waals surface area contributed by atoms with Crippen LogP contribution in [0.5, 0.6) is 0 Å². The van der Waals surface area contributed by atoms with Gasteiger partial charge in [-0.3, -0.25) is 4.98 Å². The number of hydrogen-bond donors (Lipinski definition) is 0. The minimum Gasteiger partial charge on any atom is -0.376 e. The van der Waals surface area contributed by atoms with Crippen molar-refractivity contribution in [3.63, 3.8) is 0 Å². The summed E-state index contributed by atoms with van der Waals surface area (Å²) in [6.07, 6.45) is 7.01. The number of methoxy groups -OCH3 is 1. The lowest BCUT2D eigenvalue weighted by molar-refractivity contribution is -0.0832. The molecule has 1 fully saturated rings. The number of aromatic nitrogens is 3. The summed E-state index contributed by atoms with van der Waals surface area (Å²) in [4.78, 5) is 8.73. The molecule has 0 radical (unpaired) electrons. The van der Waals surface area contributed by atoms with Crippen molar-refractivity contribution in [3.05, 3.63) is 24.3 Å². The molecule has 4 nitrogen and oxygen atoms in total.